The van der Waals surface area contributed by atoms with Gasteiger partial charge >= 0.3 is 0 Å². The average molecular weight is 212 g/mol. The fourth-order valence-electron chi connectivity index (χ4n) is 1.15. The Bertz CT molecular complexity index is 347. The second-order valence-corrected chi connectivity index (χ2v) is 3.62. The molecule has 76 valence electrons. The van der Waals surface area contributed by atoms with E-state index in [4.69, 9.17) is 16.3 Å². The molecule has 3 heteroatoms. The van der Waals surface area contributed by atoms with Gasteiger partial charge in [-0.2, -0.15) is 0 Å². The molecule has 14 heavy (non-hydrogen) atoms. The minimum atomic E-state index is 0.684. The number of nitrogens with zero attached hydrogens (tertiary/aromatic N) is 1. The van der Waals surface area contributed by atoms with Crippen molar-refractivity contribution in [3.8, 4) is 5.75 Å². The van der Waals surface area contributed by atoms with Crippen LogP contribution < -0.4 is 4.74 Å². The largest absolute Gasteiger partial charge is 0.496 e. The highest BCUT2D eigenvalue weighted by atomic mass is 35.5. The average Bonchev–Trinajstić information content (AvgIpc) is 2.16. The van der Waals surface area contributed by atoms with Crippen molar-refractivity contribution >= 4 is 17.3 Å². The number of ether oxygens (including phenoxy) is 1. The van der Waals surface area contributed by atoms with Crippen LogP contribution in [0.5, 0.6) is 5.75 Å². The lowest BCUT2D eigenvalue weighted by molar-refractivity contribution is 0.411. The zero-order chi connectivity index (χ0) is 10.7. The van der Waals surface area contributed by atoms with Crippen LogP contribution in [0.1, 0.15) is 5.56 Å². The Balaban J connectivity index is 3.17. The highest BCUT2D eigenvalue weighted by molar-refractivity contribution is 6.30. The zero-order valence-corrected chi connectivity index (χ0v) is 9.43. The highest BCUT2D eigenvalue weighted by Gasteiger charge is 2.08. The van der Waals surface area contributed by atoms with Crippen molar-refractivity contribution < 1.29 is 4.74 Å². The van der Waals surface area contributed by atoms with E-state index in [1.54, 1.807) is 13.2 Å². The highest BCUT2D eigenvalue weighted by Crippen LogP contribution is 2.28. The smallest absolute Gasteiger partial charge is 0.128 e. The molecule has 0 saturated heterocycles. The second kappa shape index (κ2) is 4.38. The lowest BCUT2D eigenvalue weighted by Crippen LogP contribution is -2.09. The third kappa shape index (κ3) is 2.20. The monoisotopic (exact) mass is 211 g/mol. The Morgan fingerprint density at radius 3 is 2.57 bits per heavy atom. The Morgan fingerprint density at radius 2 is 2.07 bits per heavy atom. The molecule has 1 rings (SSSR count). The first-order valence-corrected chi connectivity index (χ1v) is 4.64. The summed E-state index contributed by atoms with van der Waals surface area (Å²) in [5.74, 6) is 0.785. The molecular weight excluding hydrogens is 198 g/mol. The molecule has 0 aliphatic heterocycles. The summed E-state index contributed by atoms with van der Waals surface area (Å²) in [5, 5.41) is 0.684. The van der Waals surface area contributed by atoms with E-state index in [-0.39, 0.29) is 0 Å². The summed E-state index contributed by atoms with van der Waals surface area (Å²) < 4.78 is 5.23. The van der Waals surface area contributed by atoms with Crippen LogP contribution in [0.15, 0.2) is 24.8 Å². The maximum Gasteiger partial charge on any atom is 0.128 e. The third-order valence-electron chi connectivity index (χ3n) is 2.01. The summed E-state index contributed by atoms with van der Waals surface area (Å²) in [7, 11) is 5.50. The first kappa shape index (κ1) is 10.9. The van der Waals surface area contributed by atoms with Gasteiger partial charge in [0.1, 0.15) is 5.75 Å². The first-order chi connectivity index (χ1) is 6.56. The number of hydrogen-bond acceptors (Lipinski definition) is 2. The van der Waals surface area contributed by atoms with E-state index in [2.05, 4.69) is 6.58 Å². The van der Waals surface area contributed by atoms with Gasteiger partial charge in [0.05, 0.1) is 7.11 Å². The first-order valence-electron chi connectivity index (χ1n) is 4.26. The standard InChI is InChI=1S/C11H14ClNO/c1-8(13(2)3)10-7-9(12)5-6-11(10)14-4/h5-7H,1H2,2-4H3. The topological polar surface area (TPSA) is 12.5 Å². The van der Waals surface area contributed by atoms with Crippen LogP contribution in [0.3, 0.4) is 0 Å². The minimum Gasteiger partial charge on any atom is -0.496 e. The number of rotatable bonds is 3. The normalized spacial score (nSPS) is 9.71. The van der Waals surface area contributed by atoms with E-state index in [1.807, 2.05) is 31.1 Å². The fraction of sp³-hybridized carbons (Fsp3) is 0.273. The van der Waals surface area contributed by atoms with Crippen LogP contribution in [-0.2, 0) is 0 Å². The molecule has 0 radical (unpaired) electrons. The SMILES string of the molecule is C=C(c1cc(Cl)ccc1OC)N(C)C. The molecule has 0 aromatic heterocycles. The van der Waals surface area contributed by atoms with Crippen molar-refractivity contribution in [1.29, 1.82) is 0 Å². The minimum absolute atomic E-state index is 0.684. The van der Waals surface area contributed by atoms with E-state index >= 15 is 0 Å². The van der Waals surface area contributed by atoms with Gasteiger partial charge in [-0.05, 0) is 18.2 Å². The lowest BCUT2D eigenvalue weighted by Gasteiger charge is -2.18. The molecule has 0 aliphatic carbocycles. The second-order valence-electron chi connectivity index (χ2n) is 3.19. The molecule has 0 spiro atoms. The van der Waals surface area contributed by atoms with Crippen molar-refractivity contribution in [2.24, 2.45) is 0 Å². The molecule has 0 unspecified atom stereocenters. The van der Waals surface area contributed by atoms with Crippen molar-refractivity contribution in [3.63, 3.8) is 0 Å². The Hall–Kier alpha value is -1.15. The predicted molar refractivity (Wildman–Crippen MR) is 60.7 cm³/mol. The van der Waals surface area contributed by atoms with Crippen molar-refractivity contribution in [1.82, 2.24) is 4.90 Å². The van der Waals surface area contributed by atoms with Gasteiger partial charge in [0.2, 0.25) is 0 Å². The van der Waals surface area contributed by atoms with Gasteiger partial charge in [0.25, 0.3) is 0 Å². The van der Waals surface area contributed by atoms with Gasteiger partial charge in [0, 0.05) is 30.4 Å². The number of halogens is 1. The van der Waals surface area contributed by atoms with Crippen molar-refractivity contribution in [2.75, 3.05) is 21.2 Å². The molecule has 2 nitrogen and oxygen atoms in total. The maximum absolute atomic E-state index is 5.91. The van der Waals surface area contributed by atoms with Crippen LogP contribution in [0, 0.1) is 0 Å². The number of hydrogen-bond donors (Lipinski definition) is 0. The van der Waals surface area contributed by atoms with Gasteiger partial charge in [-0.15, -0.1) is 0 Å². The lowest BCUT2D eigenvalue weighted by atomic mass is 10.1. The quantitative estimate of drug-likeness (QED) is 0.763. The van der Waals surface area contributed by atoms with E-state index in [0.717, 1.165) is 17.0 Å². The summed E-state index contributed by atoms with van der Waals surface area (Å²) >= 11 is 5.91. The zero-order valence-electron chi connectivity index (χ0n) is 8.67. The Labute approximate surface area is 89.7 Å². The number of methoxy groups -OCH3 is 1. The van der Waals surface area contributed by atoms with Crippen LogP contribution in [0.25, 0.3) is 5.70 Å². The Kier molecular flexibility index (Phi) is 3.42. The molecule has 0 bridgehead atoms. The summed E-state index contributed by atoms with van der Waals surface area (Å²) in [4.78, 5) is 1.92. The molecule has 0 N–H and O–H groups in total. The van der Waals surface area contributed by atoms with E-state index in [1.165, 1.54) is 0 Å². The molecule has 0 heterocycles. The van der Waals surface area contributed by atoms with Gasteiger partial charge in [-0.1, -0.05) is 18.2 Å². The van der Waals surface area contributed by atoms with E-state index in [0.29, 0.717) is 5.02 Å². The van der Waals surface area contributed by atoms with Gasteiger partial charge in [-0.3, -0.25) is 0 Å². The third-order valence-corrected chi connectivity index (χ3v) is 2.25. The van der Waals surface area contributed by atoms with Gasteiger partial charge in [0.15, 0.2) is 0 Å². The van der Waals surface area contributed by atoms with E-state index < -0.39 is 0 Å². The molecule has 1 aromatic carbocycles. The van der Waals surface area contributed by atoms with Crippen LogP contribution >= 0.6 is 11.6 Å². The van der Waals surface area contributed by atoms with Crippen LogP contribution in [0.2, 0.25) is 5.02 Å². The molecule has 0 amide bonds. The maximum atomic E-state index is 5.91. The molecule has 1 aromatic rings. The van der Waals surface area contributed by atoms with Crippen LogP contribution in [0.4, 0.5) is 0 Å². The van der Waals surface area contributed by atoms with Gasteiger partial charge in [-0.25, -0.2) is 0 Å². The predicted octanol–water partition coefficient (Wildman–Crippen LogP) is 2.88. The summed E-state index contributed by atoms with van der Waals surface area (Å²) in [6.45, 7) is 3.96. The summed E-state index contributed by atoms with van der Waals surface area (Å²) in [6, 6.07) is 5.49. The molecule has 0 aliphatic rings. The molecule has 0 fully saturated rings. The summed E-state index contributed by atoms with van der Waals surface area (Å²) in [6.07, 6.45) is 0. The van der Waals surface area contributed by atoms with Gasteiger partial charge < -0.3 is 9.64 Å². The molecule has 0 saturated carbocycles. The fourth-order valence-corrected chi connectivity index (χ4v) is 1.32. The van der Waals surface area contributed by atoms with Crippen LogP contribution in [-0.4, -0.2) is 26.1 Å². The number of benzene rings is 1. The van der Waals surface area contributed by atoms with Crippen molar-refractivity contribution in [3.05, 3.63) is 35.4 Å². The molecular formula is C11H14ClNO. The molecule has 0 atom stereocenters. The van der Waals surface area contributed by atoms with Crippen molar-refractivity contribution in [2.45, 2.75) is 0 Å². The van der Waals surface area contributed by atoms with E-state index in [9.17, 15) is 0 Å². The summed E-state index contributed by atoms with van der Waals surface area (Å²) in [5.41, 5.74) is 1.80. The Morgan fingerprint density at radius 1 is 1.43 bits per heavy atom.